The minimum absolute atomic E-state index is 0.155. The first-order valence-corrected chi connectivity index (χ1v) is 6.83. The van der Waals surface area contributed by atoms with Crippen LogP contribution in [0.15, 0.2) is 36.7 Å². The van der Waals surface area contributed by atoms with Crippen molar-refractivity contribution in [1.82, 2.24) is 14.9 Å². The van der Waals surface area contributed by atoms with Crippen LogP contribution < -0.4 is 5.32 Å². The predicted molar refractivity (Wildman–Crippen MR) is 77.0 cm³/mol. The number of hydrogen-bond donors (Lipinski definition) is 2. The first-order valence-electron chi connectivity index (χ1n) is 6.83. The van der Waals surface area contributed by atoms with Gasteiger partial charge in [0, 0.05) is 31.5 Å². The molecule has 0 spiro atoms. The second-order valence-corrected chi connectivity index (χ2v) is 4.85. The maximum absolute atomic E-state index is 13.3. The molecule has 0 bridgehead atoms. The lowest BCUT2D eigenvalue weighted by atomic mass is 10.2. The first kappa shape index (κ1) is 15.6. The van der Waals surface area contributed by atoms with Crippen molar-refractivity contribution >= 4 is 0 Å². The van der Waals surface area contributed by atoms with Gasteiger partial charge in [-0.2, -0.15) is 0 Å². The van der Waals surface area contributed by atoms with Crippen LogP contribution in [0.4, 0.5) is 4.39 Å². The zero-order valence-corrected chi connectivity index (χ0v) is 12.0. The Kier molecular flexibility index (Phi) is 5.86. The molecule has 114 valence electrons. The number of halogens is 1. The van der Waals surface area contributed by atoms with Crippen molar-refractivity contribution in [2.75, 3.05) is 13.2 Å². The van der Waals surface area contributed by atoms with E-state index in [2.05, 4.69) is 10.3 Å². The standard InChI is InChI=1S/C15H20FN3O2/c1-19-7-6-18-15(19)9-17-8-13(20)11-21-10-12-4-2-3-5-14(12)16/h2-7,13,17,20H,8-11H2,1H3. The maximum atomic E-state index is 13.3. The van der Waals surface area contributed by atoms with E-state index in [0.717, 1.165) is 5.82 Å². The summed E-state index contributed by atoms with van der Waals surface area (Å²) in [6, 6.07) is 6.45. The first-order chi connectivity index (χ1) is 10.2. The number of aryl methyl sites for hydroxylation is 1. The molecule has 1 unspecified atom stereocenters. The van der Waals surface area contributed by atoms with Gasteiger partial charge in [-0.25, -0.2) is 9.37 Å². The Morgan fingerprint density at radius 3 is 2.95 bits per heavy atom. The van der Waals surface area contributed by atoms with Gasteiger partial charge < -0.3 is 19.7 Å². The lowest BCUT2D eigenvalue weighted by Crippen LogP contribution is -2.30. The molecule has 0 radical (unpaired) electrons. The van der Waals surface area contributed by atoms with E-state index in [0.29, 0.717) is 18.7 Å². The van der Waals surface area contributed by atoms with Crippen molar-refractivity contribution in [3.05, 3.63) is 53.9 Å². The zero-order chi connectivity index (χ0) is 15.1. The highest BCUT2D eigenvalue weighted by Gasteiger charge is 2.07. The Morgan fingerprint density at radius 1 is 1.43 bits per heavy atom. The van der Waals surface area contributed by atoms with Crippen LogP contribution in [0, 0.1) is 5.82 Å². The topological polar surface area (TPSA) is 59.3 Å². The Balaban J connectivity index is 1.63. The molecule has 1 atom stereocenters. The molecule has 2 rings (SSSR count). The van der Waals surface area contributed by atoms with Crippen LogP contribution in [0.3, 0.4) is 0 Å². The summed E-state index contributed by atoms with van der Waals surface area (Å²) in [6.45, 7) is 1.28. The molecule has 1 aromatic heterocycles. The third kappa shape index (κ3) is 4.93. The van der Waals surface area contributed by atoms with Gasteiger partial charge >= 0.3 is 0 Å². The monoisotopic (exact) mass is 293 g/mol. The van der Waals surface area contributed by atoms with Gasteiger partial charge in [0.2, 0.25) is 0 Å². The van der Waals surface area contributed by atoms with Gasteiger partial charge in [-0.05, 0) is 6.07 Å². The molecule has 0 aliphatic carbocycles. The van der Waals surface area contributed by atoms with Crippen molar-refractivity contribution in [1.29, 1.82) is 0 Å². The number of ether oxygens (including phenoxy) is 1. The summed E-state index contributed by atoms with van der Waals surface area (Å²) in [6.07, 6.45) is 2.95. The number of benzene rings is 1. The van der Waals surface area contributed by atoms with Gasteiger partial charge in [0.1, 0.15) is 11.6 Å². The lowest BCUT2D eigenvalue weighted by molar-refractivity contribution is 0.0276. The molecule has 2 N–H and O–H groups in total. The molecule has 0 fully saturated rings. The third-order valence-electron chi connectivity index (χ3n) is 3.11. The van der Waals surface area contributed by atoms with E-state index in [4.69, 9.17) is 4.74 Å². The number of aromatic nitrogens is 2. The smallest absolute Gasteiger partial charge is 0.128 e. The van der Waals surface area contributed by atoms with Gasteiger partial charge in [-0.1, -0.05) is 18.2 Å². The minimum atomic E-state index is -0.642. The SMILES string of the molecule is Cn1ccnc1CNCC(O)COCc1ccccc1F. The second kappa shape index (κ2) is 7.87. The molecule has 0 saturated heterocycles. The molecule has 2 aromatic rings. The summed E-state index contributed by atoms with van der Waals surface area (Å²) in [5.74, 6) is 0.606. The van der Waals surface area contributed by atoms with Gasteiger partial charge in [0.15, 0.2) is 0 Å². The van der Waals surface area contributed by atoms with Crippen LogP contribution in [0.25, 0.3) is 0 Å². The van der Waals surface area contributed by atoms with Crippen molar-refractivity contribution in [2.45, 2.75) is 19.3 Å². The molecule has 0 amide bonds. The average Bonchev–Trinajstić information content (AvgIpc) is 2.87. The zero-order valence-electron chi connectivity index (χ0n) is 12.0. The fraction of sp³-hybridized carbons (Fsp3) is 0.400. The Morgan fingerprint density at radius 2 is 2.24 bits per heavy atom. The average molecular weight is 293 g/mol. The maximum Gasteiger partial charge on any atom is 0.128 e. The van der Waals surface area contributed by atoms with Gasteiger partial charge in [-0.15, -0.1) is 0 Å². The van der Waals surface area contributed by atoms with Crippen LogP contribution in [-0.2, 0) is 24.9 Å². The van der Waals surface area contributed by atoms with Gasteiger partial charge in [-0.3, -0.25) is 0 Å². The third-order valence-corrected chi connectivity index (χ3v) is 3.11. The van der Waals surface area contributed by atoms with Crippen LogP contribution in [0.2, 0.25) is 0 Å². The fourth-order valence-corrected chi connectivity index (χ4v) is 1.90. The highest BCUT2D eigenvalue weighted by molar-refractivity contribution is 5.16. The number of aliphatic hydroxyl groups excluding tert-OH is 1. The van der Waals surface area contributed by atoms with E-state index in [1.807, 2.05) is 17.8 Å². The molecule has 21 heavy (non-hydrogen) atoms. The summed E-state index contributed by atoms with van der Waals surface area (Å²) < 4.78 is 20.6. The quantitative estimate of drug-likeness (QED) is 0.768. The molecular weight excluding hydrogens is 273 g/mol. The van der Waals surface area contributed by atoms with Crippen LogP contribution in [-0.4, -0.2) is 33.9 Å². The summed E-state index contributed by atoms with van der Waals surface area (Å²) in [4.78, 5) is 4.17. The number of aliphatic hydroxyl groups is 1. The van der Waals surface area contributed by atoms with Crippen molar-refractivity contribution in [3.8, 4) is 0 Å². The Bertz CT molecular complexity index is 559. The summed E-state index contributed by atoms with van der Waals surface area (Å²) in [7, 11) is 1.91. The Labute approximate surface area is 123 Å². The summed E-state index contributed by atoms with van der Waals surface area (Å²) >= 11 is 0. The number of rotatable bonds is 8. The summed E-state index contributed by atoms with van der Waals surface area (Å²) in [5, 5.41) is 12.9. The predicted octanol–water partition coefficient (Wildman–Crippen LogP) is 1.23. The van der Waals surface area contributed by atoms with Gasteiger partial charge in [0.05, 0.1) is 25.9 Å². The fourth-order valence-electron chi connectivity index (χ4n) is 1.90. The van der Waals surface area contributed by atoms with Crippen molar-refractivity contribution < 1.29 is 14.2 Å². The number of nitrogens with zero attached hydrogens (tertiary/aromatic N) is 2. The molecular formula is C15H20FN3O2. The van der Waals surface area contributed by atoms with Gasteiger partial charge in [0.25, 0.3) is 0 Å². The molecule has 1 heterocycles. The largest absolute Gasteiger partial charge is 0.389 e. The van der Waals surface area contributed by atoms with E-state index in [1.54, 1.807) is 24.4 Å². The number of imidazole rings is 1. The second-order valence-electron chi connectivity index (χ2n) is 4.85. The van der Waals surface area contributed by atoms with E-state index < -0.39 is 6.10 Å². The number of nitrogens with one attached hydrogen (secondary N) is 1. The lowest BCUT2D eigenvalue weighted by Gasteiger charge is -2.12. The molecule has 5 nitrogen and oxygen atoms in total. The normalized spacial score (nSPS) is 12.5. The molecule has 0 aliphatic rings. The van der Waals surface area contributed by atoms with Crippen molar-refractivity contribution in [2.24, 2.45) is 7.05 Å². The summed E-state index contributed by atoms with van der Waals surface area (Å²) in [5.41, 5.74) is 0.491. The number of hydrogen-bond acceptors (Lipinski definition) is 4. The molecule has 1 aromatic carbocycles. The molecule has 0 saturated carbocycles. The van der Waals surface area contributed by atoms with E-state index in [-0.39, 0.29) is 19.0 Å². The van der Waals surface area contributed by atoms with E-state index in [1.165, 1.54) is 6.07 Å². The highest BCUT2D eigenvalue weighted by atomic mass is 19.1. The van der Waals surface area contributed by atoms with E-state index >= 15 is 0 Å². The van der Waals surface area contributed by atoms with Crippen LogP contribution >= 0.6 is 0 Å². The Hall–Kier alpha value is -1.76. The molecule has 6 heteroatoms. The van der Waals surface area contributed by atoms with Crippen molar-refractivity contribution in [3.63, 3.8) is 0 Å². The minimum Gasteiger partial charge on any atom is -0.389 e. The van der Waals surface area contributed by atoms with Crippen LogP contribution in [0.5, 0.6) is 0 Å². The highest BCUT2D eigenvalue weighted by Crippen LogP contribution is 2.07. The van der Waals surface area contributed by atoms with Crippen LogP contribution in [0.1, 0.15) is 11.4 Å². The van der Waals surface area contributed by atoms with E-state index in [9.17, 15) is 9.50 Å². The molecule has 0 aliphatic heterocycles.